The van der Waals surface area contributed by atoms with Crippen LogP contribution < -0.4 is 0 Å². The van der Waals surface area contributed by atoms with Crippen molar-refractivity contribution in [1.29, 1.82) is 0 Å². The molecule has 0 amide bonds. The molecular weight excluding hydrogens is 320 g/mol. The molecule has 26 heavy (non-hydrogen) atoms. The first kappa shape index (κ1) is 17.2. The molecule has 8 atom stereocenters. The number of ketones is 1. The number of hydrogen-bond donors (Lipinski definition) is 0. The lowest BCUT2D eigenvalue weighted by Crippen LogP contribution is -2.54. The maximum absolute atomic E-state index is 11.9. The molecule has 0 aromatic carbocycles. The first-order valence-corrected chi connectivity index (χ1v) is 11.1. The lowest BCUT2D eigenvalue weighted by Gasteiger charge is -2.56. The zero-order valence-electron chi connectivity index (χ0n) is 16.7. The van der Waals surface area contributed by atoms with Crippen molar-refractivity contribution >= 4 is 5.78 Å². The summed E-state index contributed by atoms with van der Waals surface area (Å²) in [6.07, 6.45) is 15.0. The van der Waals surface area contributed by atoms with Crippen LogP contribution in [0.5, 0.6) is 0 Å². The molecule has 4 aliphatic carbocycles. The number of allylic oxidation sites excluding steroid dienone is 4. The van der Waals surface area contributed by atoms with E-state index < -0.39 is 0 Å². The molecule has 0 N–H and O–H groups in total. The van der Waals surface area contributed by atoms with E-state index in [2.05, 4.69) is 32.9 Å². The van der Waals surface area contributed by atoms with E-state index in [9.17, 15) is 4.79 Å². The number of carbonyl (C=O) groups is 1. The highest BCUT2D eigenvalue weighted by atomic mass is 16.5. The summed E-state index contributed by atoms with van der Waals surface area (Å²) in [5.74, 6) is 4.51. The molecule has 1 heterocycles. The Morgan fingerprint density at radius 2 is 2.08 bits per heavy atom. The minimum absolute atomic E-state index is 0.128. The Morgan fingerprint density at radius 3 is 2.81 bits per heavy atom. The van der Waals surface area contributed by atoms with Crippen LogP contribution in [0, 0.1) is 40.9 Å². The van der Waals surface area contributed by atoms with E-state index in [-0.39, 0.29) is 5.60 Å². The van der Waals surface area contributed by atoms with Crippen LogP contribution in [-0.4, -0.2) is 18.0 Å². The average Bonchev–Trinajstić information content (AvgIpc) is 3.22. The highest BCUT2D eigenvalue weighted by molar-refractivity contribution is 5.91. The quantitative estimate of drug-likeness (QED) is 0.636. The highest BCUT2D eigenvalue weighted by Crippen LogP contribution is 2.71. The van der Waals surface area contributed by atoms with Crippen molar-refractivity contribution in [2.24, 2.45) is 40.9 Å². The monoisotopic (exact) mass is 354 g/mol. The molecule has 3 fully saturated rings. The van der Waals surface area contributed by atoms with Gasteiger partial charge in [0.15, 0.2) is 5.78 Å². The smallest absolute Gasteiger partial charge is 0.155 e. The van der Waals surface area contributed by atoms with Gasteiger partial charge in [0.25, 0.3) is 0 Å². The van der Waals surface area contributed by atoms with Crippen LogP contribution in [0.25, 0.3) is 0 Å². The Morgan fingerprint density at radius 1 is 1.23 bits per heavy atom. The van der Waals surface area contributed by atoms with Crippen molar-refractivity contribution < 1.29 is 9.53 Å². The van der Waals surface area contributed by atoms with Crippen LogP contribution in [0.4, 0.5) is 0 Å². The lowest BCUT2D eigenvalue weighted by atomic mass is 9.50. The molecule has 142 valence electrons. The Hall–Kier alpha value is -0.890. The van der Waals surface area contributed by atoms with Crippen molar-refractivity contribution in [2.45, 2.75) is 71.3 Å². The summed E-state index contributed by atoms with van der Waals surface area (Å²) in [7, 11) is 0. The summed E-state index contributed by atoms with van der Waals surface area (Å²) >= 11 is 0. The molecule has 5 aliphatic rings. The van der Waals surface area contributed by atoms with Crippen LogP contribution in [0.1, 0.15) is 65.7 Å². The fourth-order valence-corrected chi connectivity index (χ4v) is 8.50. The fourth-order valence-electron chi connectivity index (χ4n) is 8.50. The number of carbonyl (C=O) groups excluding carboxylic acids is 1. The van der Waals surface area contributed by atoms with Gasteiger partial charge in [-0.1, -0.05) is 32.9 Å². The van der Waals surface area contributed by atoms with Crippen LogP contribution in [0.3, 0.4) is 0 Å². The maximum Gasteiger partial charge on any atom is 0.155 e. The number of hydrogen-bond acceptors (Lipinski definition) is 2. The second kappa shape index (κ2) is 5.80. The third kappa shape index (κ3) is 1.95. The lowest BCUT2D eigenvalue weighted by molar-refractivity contribution is -0.143. The molecule has 0 aromatic rings. The van der Waals surface area contributed by atoms with Crippen molar-refractivity contribution in [1.82, 2.24) is 0 Å². The van der Waals surface area contributed by atoms with Crippen LogP contribution in [0.15, 0.2) is 23.8 Å². The van der Waals surface area contributed by atoms with E-state index in [0.717, 1.165) is 37.2 Å². The predicted octanol–water partition coefficient (Wildman–Crippen LogP) is 5.34. The van der Waals surface area contributed by atoms with E-state index in [1.165, 1.54) is 37.7 Å². The Kier molecular flexibility index (Phi) is 3.84. The van der Waals surface area contributed by atoms with E-state index in [1.54, 1.807) is 0 Å². The van der Waals surface area contributed by atoms with E-state index in [0.29, 0.717) is 29.0 Å². The van der Waals surface area contributed by atoms with Gasteiger partial charge in [0.1, 0.15) is 0 Å². The summed E-state index contributed by atoms with van der Waals surface area (Å²) in [6, 6.07) is 0. The van der Waals surface area contributed by atoms with Crippen molar-refractivity contribution in [3.05, 3.63) is 23.8 Å². The molecule has 2 saturated carbocycles. The molecule has 2 heteroatoms. The molecule has 1 aliphatic heterocycles. The zero-order chi connectivity index (χ0) is 18.1. The summed E-state index contributed by atoms with van der Waals surface area (Å²) in [5.41, 5.74) is 1.82. The minimum Gasteiger partial charge on any atom is -0.374 e. The fraction of sp³-hybridized carbons (Fsp3) is 0.792. The minimum atomic E-state index is 0.128. The summed E-state index contributed by atoms with van der Waals surface area (Å²) in [5, 5.41) is 0. The normalized spacial score (nSPS) is 52.6. The van der Waals surface area contributed by atoms with Crippen molar-refractivity contribution in [2.75, 3.05) is 6.61 Å². The van der Waals surface area contributed by atoms with Crippen molar-refractivity contribution in [3.63, 3.8) is 0 Å². The molecule has 1 saturated heterocycles. The number of fused-ring (bicyclic) bond motifs is 6. The van der Waals surface area contributed by atoms with Crippen LogP contribution >= 0.6 is 0 Å². The van der Waals surface area contributed by atoms with Gasteiger partial charge >= 0.3 is 0 Å². The van der Waals surface area contributed by atoms with Crippen LogP contribution in [-0.2, 0) is 9.53 Å². The molecule has 0 bridgehead atoms. The van der Waals surface area contributed by atoms with Gasteiger partial charge in [0.2, 0.25) is 0 Å². The molecule has 1 spiro atoms. The zero-order valence-corrected chi connectivity index (χ0v) is 16.7. The van der Waals surface area contributed by atoms with Gasteiger partial charge in [0.05, 0.1) is 5.60 Å². The van der Waals surface area contributed by atoms with Gasteiger partial charge < -0.3 is 4.74 Å². The maximum atomic E-state index is 11.9. The number of rotatable bonds is 1. The number of ether oxygens (including phenoxy) is 1. The summed E-state index contributed by atoms with van der Waals surface area (Å²) in [4.78, 5) is 11.9. The van der Waals surface area contributed by atoms with Gasteiger partial charge in [-0.2, -0.15) is 0 Å². The topological polar surface area (TPSA) is 26.3 Å². The molecular formula is C24H34O2. The van der Waals surface area contributed by atoms with Gasteiger partial charge in [-0.3, -0.25) is 4.79 Å². The second-order valence-corrected chi connectivity index (χ2v) is 9.92. The summed E-state index contributed by atoms with van der Waals surface area (Å²) < 4.78 is 6.67. The Labute approximate surface area is 158 Å². The first-order valence-electron chi connectivity index (χ1n) is 11.1. The van der Waals surface area contributed by atoms with E-state index in [4.69, 9.17) is 4.74 Å². The van der Waals surface area contributed by atoms with Gasteiger partial charge in [-0.25, -0.2) is 0 Å². The third-order valence-corrected chi connectivity index (χ3v) is 9.57. The second-order valence-electron chi connectivity index (χ2n) is 9.92. The van der Waals surface area contributed by atoms with E-state index >= 15 is 0 Å². The molecule has 6 unspecified atom stereocenters. The third-order valence-electron chi connectivity index (χ3n) is 9.57. The first-order chi connectivity index (χ1) is 12.5. The van der Waals surface area contributed by atoms with E-state index in [1.807, 2.05) is 6.08 Å². The van der Waals surface area contributed by atoms with Gasteiger partial charge in [-0.05, 0) is 85.7 Å². The SMILES string of the molecule is CC[C@]12CCC3C4CCC(=O)C=C4C=CC3C1C(C)C(C)[C@@]21CCCO1. The van der Waals surface area contributed by atoms with Crippen molar-refractivity contribution in [3.8, 4) is 0 Å². The average molecular weight is 355 g/mol. The molecule has 2 nitrogen and oxygen atoms in total. The molecule has 0 aromatic heterocycles. The predicted molar refractivity (Wildman–Crippen MR) is 104 cm³/mol. The Balaban J connectivity index is 1.59. The van der Waals surface area contributed by atoms with Gasteiger partial charge in [0, 0.05) is 18.4 Å². The molecule has 5 rings (SSSR count). The van der Waals surface area contributed by atoms with Crippen LogP contribution in [0.2, 0.25) is 0 Å². The standard InChI is InChI=1S/C24H34O2/c1-4-23-12-10-20-19-9-7-18(25)14-17(19)6-8-21(20)22(23)15(2)16(3)24(23)11-5-13-26-24/h6,8,14-16,19-22H,4-5,7,9-13H2,1-3H3/t15?,16?,19?,20?,21?,22?,23-,24-/m0/s1. The summed E-state index contributed by atoms with van der Waals surface area (Å²) in [6.45, 7) is 8.39. The van der Waals surface area contributed by atoms with Gasteiger partial charge in [-0.15, -0.1) is 0 Å². The highest BCUT2D eigenvalue weighted by Gasteiger charge is 2.70. The largest absolute Gasteiger partial charge is 0.374 e. The Bertz CT molecular complexity index is 668. The molecule has 0 radical (unpaired) electrons.